The fraction of sp³-hybridized carbons (Fsp3) is 0.167. The van der Waals surface area contributed by atoms with E-state index in [2.05, 4.69) is 14.9 Å². The second-order valence-corrected chi connectivity index (χ2v) is 6.29. The molecule has 0 atom stereocenters. The Balaban J connectivity index is 1.70. The van der Waals surface area contributed by atoms with Crippen LogP contribution >= 0.6 is 11.8 Å². The van der Waals surface area contributed by atoms with Gasteiger partial charge in [0.05, 0.1) is 12.7 Å². The minimum Gasteiger partial charge on any atom is -0.465 e. The first-order chi connectivity index (χ1) is 12.1. The Kier molecular flexibility index (Phi) is 5.14. The first kappa shape index (κ1) is 17.2. The van der Waals surface area contributed by atoms with Gasteiger partial charge in [0.1, 0.15) is 5.82 Å². The van der Waals surface area contributed by atoms with Crippen molar-refractivity contribution in [1.29, 1.82) is 0 Å². The lowest BCUT2D eigenvalue weighted by Crippen LogP contribution is -2.00. The highest BCUT2D eigenvalue weighted by Gasteiger charge is 2.12. The molecule has 25 heavy (non-hydrogen) atoms. The largest absolute Gasteiger partial charge is 0.465 e. The quantitative estimate of drug-likeness (QED) is 0.515. The van der Waals surface area contributed by atoms with Crippen LogP contribution in [0, 0.1) is 5.82 Å². The molecule has 3 aromatic rings. The van der Waals surface area contributed by atoms with Crippen LogP contribution in [0.1, 0.15) is 15.9 Å². The van der Waals surface area contributed by atoms with Crippen LogP contribution < -0.4 is 0 Å². The van der Waals surface area contributed by atoms with Gasteiger partial charge in [0.2, 0.25) is 0 Å². The molecule has 128 valence electrons. The molecule has 0 unspecified atom stereocenters. The Labute approximate surface area is 148 Å². The Morgan fingerprint density at radius 2 is 1.80 bits per heavy atom. The summed E-state index contributed by atoms with van der Waals surface area (Å²) in [5.41, 5.74) is 2.39. The molecule has 0 aliphatic heterocycles. The number of esters is 1. The lowest BCUT2D eigenvalue weighted by molar-refractivity contribution is 0.0600. The van der Waals surface area contributed by atoms with E-state index in [4.69, 9.17) is 0 Å². The fourth-order valence-corrected chi connectivity index (χ4v) is 3.16. The van der Waals surface area contributed by atoms with Crippen molar-refractivity contribution >= 4 is 17.7 Å². The standard InChI is InChI=1S/C18H16FN3O2S/c1-22-16(13-7-9-15(19)10-8-13)20-21-18(22)25-11-12-3-5-14(6-4-12)17(23)24-2/h3-10H,11H2,1-2H3. The van der Waals surface area contributed by atoms with Gasteiger partial charge >= 0.3 is 5.97 Å². The molecule has 0 aliphatic rings. The van der Waals surface area contributed by atoms with Crippen molar-refractivity contribution < 1.29 is 13.9 Å². The van der Waals surface area contributed by atoms with Gasteiger partial charge in [-0.25, -0.2) is 9.18 Å². The molecule has 0 aliphatic carbocycles. The molecule has 0 N–H and O–H groups in total. The molecule has 2 aromatic carbocycles. The zero-order valence-corrected chi connectivity index (χ0v) is 14.6. The van der Waals surface area contributed by atoms with E-state index < -0.39 is 0 Å². The van der Waals surface area contributed by atoms with Crippen molar-refractivity contribution in [3.05, 3.63) is 65.5 Å². The maximum Gasteiger partial charge on any atom is 0.337 e. The van der Waals surface area contributed by atoms with Gasteiger partial charge in [-0.05, 0) is 42.0 Å². The average molecular weight is 357 g/mol. The average Bonchev–Trinajstić information content (AvgIpc) is 3.01. The van der Waals surface area contributed by atoms with Crippen LogP contribution in [0.3, 0.4) is 0 Å². The van der Waals surface area contributed by atoms with Crippen LogP contribution in [-0.2, 0) is 17.5 Å². The summed E-state index contributed by atoms with van der Waals surface area (Å²) in [6, 6.07) is 13.4. The van der Waals surface area contributed by atoms with Gasteiger partial charge in [-0.1, -0.05) is 23.9 Å². The Morgan fingerprint density at radius 1 is 1.12 bits per heavy atom. The third kappa shape index (κ3) is 3.88. The van der Waals surface area contributed by atoms with E-state index in [1.165, 1.54) is 31.0 Å². The van der Waals surface area contributed by atoms with Gasteiger partial charge in [-0.15, -0.1) is 10.2 Å². The maximum absolute atomic E-state index is 13.0. The molecule has 3 rings (SSSR count). The number of halogens is 1. The summed E-state index contributed by atoms with van der Waals surface area (Å²) >= 11 is 1.54. The normalized spacial score (nSPS) is 10.7. The smallest absolute Gasteiger partial charge is 0.337 e. The van der Waals surface area contributed by atoms with E-state index in [0.717, 1.165) is 16.3 Å². The second kappa shape index (κ2) is 7.48. The van der Waals surface area contributed by atoms with Gasteiger partial charge < -0.3 is 9.30 Å². The summed E-state index contributed by atoms with van der Waals surface area (Å²) in [6.07, 6.45) is 0. The molecule has 7 heteroatoms. The number of ether oxygens (including phenoxy) is 1. The molecule has 0 bridgehead atoms. The molecular formula is C18H16FN3O2S. The highest BCUT2D eigenvalue weighted by atomic mass is 32.2. The molecule has 0 fully saturated rings. The highest BCUT2D eigenvalue weighted by Crippen LogP contribution is 2.25. The molecule has 0 saturated carbocycles. The summed E-state index contributed by atoms with van der Waals surface area (Å²) in [5, 5.41) is 9.14. The second-order valence-electron chi connectivity index (χ2n) is 5.35. The first-order valence-electron chi connectivity index (χ1n) is 7.54. The fourth-order valence-electron chi connectivity index (χ4n) is 2.29. The van der Waals surface area contributed by atoms with Gasteiger partial charge in [0, 0.05) is 18.4 Å². The predicted octanol–water partition coefficient (Wildman–Crippen LogP) is 3.70. The van der Waals surface area contributed by atoms with Crippen molar-refractivity contribution in [2.45, 2.75) is 10.9 Å². The number of hydrogen-bond donors (Lipinski definition) is 0. The van der Waals surface area contributed by atoms with Crippen LogP contribution in [0.4, 0.5) is 4.39 Å². The predicted molar refractivity (Wildman–Crippen MR) is 93.7 cm³/mol. The molecular weight excluding hydrogens is 341 g/mol. The topological polar surface area (TPSA) is 57.0 Å². The Hall–Kier alpha value is -2.67. The number of aromatic nitrogens is 3. The number of nitrogens with zero attached hydrogens (tertiary/aromatic N) is 3. The van der Waals surface area contributed by atoms with E-state index in [1.54, 1.807) is 24.3 Å². The molecule has 0 radical (unpaired) electrons. The molecule has 0 saturated heterocycles. The first-order valence-corrected chi connectivity index (χ1v) is 8.52. The zero-order chi connectivity index (χ0) is 17.8. The van der Waals surface area contributed by atoms with Crippen molar-refractivity contribution in [3.8, 4) is 11.4 Å². The molecule has 5 nitrogen and oxygen atoms in total. The van der Waals surface area contributed by atoms with Crippen LogP contribution in [0.5, 0.6) is 0 Å². The number of hydrogen-bond acceptors (Lipinski definition) is 5. The van der Waals surface area contributed by atoms with Crippen molar-refractivity contribution in [1.82, 2.24) is 14.8 Å². The van der Waals surface area contributed by atoms with Crippen LogP contribution in [0.2, 0.25) is 0 Å². The van der Waals surface area contributed by atoms with Crippen molar-refractivity contribution in [3.63, 3.8) is 0 Å². The third-order valence-electron chi connectivity index (χ3n) is 3.68. The summed E-state index contributed by atoms with van der Waals surface area (Å²) in [7, 11) is 3.24. The van der Waals surface area contributed by atoms with E-state index in [0.29, 0.717) is 17.1 Å². The molecule has 0 amide bonds. The summed E-state index contributed by atoms with van der Waals surface area (Å²) in [6.45, 7) is 0. The van der Waals surface area contributed by atoms with E-state index in [9.17, 15) is 9.18 Å². The van der Waals surface area contributed by atoms with E-state index >= 15 is 0 Å². The monoisotopic (exact) mass is 357 g/mol. The SMILES string of the molecule is COC(=O)c1ccc(CSc2nnc(-c3ccc(F)cc3)n2C)cc1. The van der Waals surface area contributed by atoms with Gasteiger partial charge in [-0.3, -0.25) is 0 Å². The summed E-state index contributed by atoms with van der Waals surface area (Å²) in [4.78, 5) is 11.4. The Morgan fingerprint density at radius 3 is 2.44 bits per heavy atom. The van der Waals surface area contributed by atoms with Gasteiger partial charge in [0.15, 0.2) is 11.0 Å². The van der Waals surface area contributed by atoms with Crippen LogP contribution in [0.25, 0.3) is 11.4 Å². The minimum atomic E-state index is -0.351. The molecule has 0 spiro atoms. The summed E-state index contributed by atoms with van der Waals surface area (Å²) in [5.74, 6) is 0.743. The van der Waals surface area contributed by atoms with Gasteiger partial charge in [-0.2, -0.15) is 0 Å². The van der Waals surface area contributed by atoms with Crippen molar-refractivity contribution in [2.24, 2.45) is 7.05 Å². The van der Waals surface area contributed by atoms with E-state index in [-0.39, 0.29) is 11.8 Å². The lowest BCUT2D eigenvalue weighted by Gasteiger charge is -2.05. The summed E-state index contributed by atoms with van der Waals surface area (Å²) < 4.78 is 19.6. The van der Waals surface area contributed by atoms with Crippen LogP contribution in [-0.4, -0.2) is 27.8 Å². The third-order valence-corrected chi connectivity index (χ3v) is 4.77. The lowest BCUT2D eigenvalue weighted by atomic mass is 10.1. The molecule has 1 heterocycles. The number of methoxy groups -OCH3 is 1. The molecule has 1 aromatic heterocycles. The number of benzene rings is 2. The van der Waals surface area contributed by atoms with Gasteiger partial charge in [0.25, 0.3) is 0 Å². The van der Waals surface area contributed by atoms with Crippen LogP contribution in [0.15, 0.2) is 53.7 Å². The maximum atomic E-state index is 13.0. The minimum absolute atomic E-state index is 0.282. The number of thioether (sulfide) groups is 1. The number of rotatable bonds is 5. The number of carbonyl (C=O) groups excluding carboxylic acids is 1. The Bertz CT molecular complexity index is 876. The highest BCUT2D eigenvalue weighted by molar-refractivity contribution is 7.98. The zero-order valence-electron chi connectivity index (χ0n) is 13.8. The van der Waals surface area contributed by atoms with Crippen molar-refractivity contribution in [2.75, 3.05) is 7.11 Å². The van der Waals surface area contributed by atoms with E-state index in [1.807, 2.05) is 23.7 Å². The number of carbonyl (C=O) groups is 1.